The first-order chi connectivity index (χ1) is 12.9. The fourth-order valence-corrected chi connectivity index (χ4v) is 6.31. The fourth-order valence-electron chi connectivity index (χ4n) is 3.59. The average molecular weight is 379 g/mol. The Bertz CT molecular complexity index is 687. The van der Waals surface area contributed by atoms with Gasteiger partial charge < -0.3 is 9.31 Å². The molecular weight excluding hydrogens is 347 g/mol. The molecule has 1 heterocycles. The summed E-state index contributed by atoms with van der Waals surface area (Å²) in [5.74, 6) is 0. The molecule has 1 fully saturated rings. The molecule has 1 saturated heterocycles. The van der Waals surface area contributed by atoms with Crippen molar-refractivity contribution >= 4 is 21.1 Å². The zero-order chi connectivity index (χ0) is 19.3. The maximum absolute atomic E-state index is 6.17. The maximum Gasteiger partial charge on any atom is 0.457 e. The molecule has 2 nitrogen and oxygen atoms in total. The van der Waals surface area contributed by atoms with Gasteiger partial charge in [-0.3, -0.25) is 0 Å². The number of benzene rings is 2. The van der Waals surface area contributed by atoms with Gasteiger partial charge in [-0.2, -0.15) is 0 Å². The Hall–Kier alpha value is -1.36. The Morgan fingerprint density at radius 2 is 1.33 bits per heavy atom. The smallest absolute Gasteiger partial charge is 0.403 e. The van der Waals surface area contributed by atoms with Crippen molar-refractivity contribution in [3.8, 4) is 0 Å². The van der Waals surface area contributed by atoms with E-state index in [-0.39, 0.29) is 18.3 Å². The Balaban J connectivity index is 1.56. The van der Waals surface area contributed by atoms with Crippen LogP contribution < -0.4 is 5.19 Å². The Kier molecular flexibility index (Phi) is 6.61. The first-order valence-electron chi connectivity index (χ1n) is 10.2. The number of rotatable bonds is 8. The summed E-state index contributed by atoms with van der Waals surface area (Å²) >= 11 is 0. The molecule has 27 heavy (non-hydrogen) atoms. The highest BCUT2D eigenvalue weighted by Crippen LogP contribution is 2.38. The van der Waals surface area contributed by atoms with Crippen molar-refractivity contribution in [2.24, 2.45) is 0 Å². The number of hydrogen-bond acceptors (Lipinski definition) is 2. The summed E-state index contributed by atoms with van der Waals surface area (Å²) in [6, 6.07) is 24.5. The molecule has 0 aliphatic carbocycles. The van der Waals surface area contributed by atoms with Gasteiger partial charge in [-0.15, -0.1) is 0 Å². The maximum atomic E-state index is 6.17. The van der Waals surface area contributed by atoms with Crippen molar-refractivity contribution < 1.29 is 9.31 Å². The number of aryl methyl sites for hydroxylation is 1. The Morgan fingerprint density at radius 3 is 1.93 bits per heavy atom. The normalized spacial score (nSPS) is 18.2. The third kappa shape index (κ3) is 5.34. The second-order valence-corrected chi connectivity index (χ2v) is 11.3. The van der Waals surface area contributed by atoms with E-state index in [9.17, 15) is 0 Å². The summed E-state index contributed by atoms with van der Waals surface area (Å²) in [6.07, 6.45) is 3.31. The van der Waals surface area contributed by atoms with Gasteiger partial charge in [-0.1, -0.05) is 84.4 Å². The van der Waals surface area contributed by atoms with Crippen LogP contribution in [0.2, 0.25) is 18.4 Å². The highest BCUT2D eigenvalue weighted by atomic mass is 28.3. The summed E-state index contributed by atoms with van der Waals surface area (Å²) in [6.45, 7) is 8.52. The van der Waals surface area contributed by atoms with E-state index in [1.165, 1.54) is 24.1 Å². The predicted octanol–water partition coefficient (Wildman–Crippen LogP) is 5.11. The van der Waals surface area contributed by atoms with Gasteiger partial charge in [0.15, 0.2) is 0 Å². The molecule has 0 amide bonds. The van der Waals surface area contributed by atoms with Gasteiger partial charge in [0, 0.05) is 0 Å². The van der Waals surface area contributed by atoms with E-state index in [2.05, 4.69) is 88.4 Å². The summed E-state index contributed by atoms with van der Waals surface area (Å²) in [5, 5.41) is 1.55. The van der Waals surface area contributed by atoms with E-state index in [4.69, 9.17) is 9.31 Å². The lowest BCUT2D eigenvalue weighted by atomic mass is 9.83. The van der Waals surface area contributed by atoms with E-state index in [1.807, 2.05) is 0 Å². The summed E-state index contributed by atoms with van der Waals surface area (Å²) < 4.78 is 12.3. The van der Waals surface area contributed by atoms with Gasteiger partial charge in [0.2, 0.25) is 0 Å². The SMILES string of the molecule is CC1(C)OB(CCC[Si](CCc2ccccc2)c2ccccc2)OC1(C)C. The molecule has 143 valence electrons. The molecule has 0 unspecified atom stereocenters. The van der Waals surface area contributed by atoms with Crippen molar-refractivity contribution in [1.82, 2.24) is 0 Å². The summed E-state index contributed by atoms with van der Waals surface area (Å²) in [7, 11) is -0.646. The van der Waals surface area contributed by atoms with Gasteiger partial charge in [0.1, 0.15) is 0 Å². The third-order valence-electron chi connectivity index (χ3n) is 5.96. The Morgan fingerprint density at radius 1 is 0.778 bits per heavy atom. The van der Waals surface area contributed by atoms with Crippen molar-refractivity contribution in [2.45, 2.75) is 70.1 Å². The van der Waals surface area contributed by atoms with Crippen molar-refractivity contribution in [3.63, 3.8) is 0 Å². The Labute approximate surface area is 167 Å². The minimum atomic E-state index is -0.579. The van der Waals surface area contributed by atoms with Gasteiger partial charge in [0.25, 0.3) is 0 Å². The molecule has 0 N–H and O–H groups in total. The van der Waals surface area contributed by atoms with E-state index in [1.54, 1.807) is 5.19 Å². The predicted molar refractivity (Wildman–Crippen MR) is 117 cm³/mol. The van der Waals surface area contributed by atoms with Crippen LogP contribution in [0.4, 0.5) is 0 Å². The molecule has 0 spiro atoms. The van der Waals surface area contributed by atoms with Crippen LogP contribution in [-0.4, -0.2) is 27.1 Å². The standard InChI is InChI=1S/C23H32BO2Si/c1-22(2)23(3,4)26-24(25-22)17-11-18-27(21-14-9-6-10-15-21)19-16-20-12-7-5-8-13-20/h5-10,12-15H,11,16-19H2,1-4H3. The molecule has 1 aliphatic rings. The van der Waals surface area contributed by atoms with E-state index < -0.39 is 8.80 Å². The molecule has 0 saturated carbocycles. The van der Waals surface area contributed by atoms with Crippen LogP contribution in [0.5, 0.6) is 0 Å². The summed E-state index contributed by atoms with van der Waals surface area (Å²) in [4.78, 5) is 0. The zero-order valence-corrected chi connectivity index (χ0v) is 18.2. The number of hydrogen-bond donors (Lipinski definition) is 0. The molecule has 0 atom stereocenters. The highest BCUT2D eigenvalue weighted by molar-refractivity contribution is 6.73. The van der Waals surface area contributed by atoms with E-state index in [0.29, 0.717) is 0 Å². The molecule has 0 aromatic heterocycles. The second kappa shape index (κ2) is 8.76. The zero-order valence-electron chi connectivity index (χ0n) is 17.2. The monoisotopic (exact) mass is 379 g/mol. The third-order valence-corrected chi connectivity index (χ3v) is 8.92. The topological polar surface area (TPSA) is 18.5 Å². The van der Waals surface area contributed by atoms with Gasteiger partial charge >= 0.3 is 7.12 Å². The fraction of sp³-hybridized carbons (Fsp3) is 0.478. The van der Waals surface area contributed by atoms with Crippen LogP contribution in [-0.2, 0) is 15.7 Å². The molecule has 1 aliphatic heterocycles. The van der Waals surface area contributed by atoms with Crippen LogP contribution in [0.25, 0.3) is 0 Å². The van der Waals surface area contributed by atoms with Crippen LogP contribution in [0.1, 0.15) is 39.7 Å². The average Bonchev–Trinajstić information content (AvgIpc) is 2.86. The molecular formula is C23H32BO2Si. The van der Waals surface area contributed by atoms with Gasteiger partial charge in [0.05, 0.1) is 20.0 Å². The lowest BCUT2D eigenvalue weighted by Gasteiger charge is -2.32. The molecule has 4 heteroatoms. The van der Waals surface area contributed by atoms with Crippen molar-refractivity contribution in [1.29, 1.82) is 0 Å². The van der Waals surface area contributed by atoms with E-state index >= 15 is 0 Å². The minimum Gasteiger partial charge on any atom is -0.403 e. The molecule has 2 aromatic rings. The quantitative estimate of drug-likeness (QED) is 0.593. The molecule has 3 rings (SSSR count). The molecule has 1 radical (unpaired) electrons. The van der Waals surface area contributed by atoms with Crippen LogP contribution in [0.15, 0.2) is 60.7 Å². The second-order valence-electron chi connectivity index (χ2n) is 8.53. The molecule has 2 aromatic carbocycles. The summed E-state index contributed by atoms with van der Waals surface area (Å²) in [5.41, 5.74) is 0.998. The van der Waals surface area contributed by atoms with E-state index in [0.717, 1.165) is 12.7 Å². The first kappa shape index (κ1) is 20.4. The molecule has 0 bridgehead atoms. The van der Waals surface area contributed by atoms with Crippen LogP contribution in [0, 0.1) is 0 Å². The van der Waals surface area contributed by atoms with Gasteiger partial charge in [-0.25, -0.2) is 0 Å². The lowest BCUT2D eigenvalue weighted by Crippen LogP contribution is -2.41. The lowest BCUT2D eigenvalue weighted by molar-refractivity contribution is 0.00578. The van der Waals surface area contributed by atoms with Crippen molar-refractivity contribution in [3.05, 3.63) is 66.2 Å². The van der Waals surface area contributed by atoms with Crippen molar-refractivity contribution in [2.75, 3.05) is 0 Å². The largest absolute Gasteiger partial charge is 0.457 e. The highest BCUT2D eigenvalue weighted by Gasteiger charge is 2.50. The minimum absolute atomic E-state index is 0.0665. The van der Waals surface area contributed by atoms with Crippen LogP contribution >= 0.6 is 0 Å². The first-order valence-corrected chi connectivity index (χ1v) is 12.1. The van der Waals surface area contributed by atoms with Crippen LogP contribution in [0.3, 0.4) is 0 Å². The van der Waals surface area contributed by atoms with Gasteiger partial charge in [-0.05, 0) is 46.0 Å².